The lowest BCUT2D eigenvalue weighted by Crippen LogP contribution is -2.37. The largest absolute Gasteiger partial charge is 0.444 e. The molecule has 4 rings (SSSR count). The van der Waals surface area contributed by atoms with Gasteiger partial charge in [-0.3, -0.25) is 0 Å². The number of hydrogen-bond donors (Lipinski definition) is 0. The molecule has 6 nitrogen and oxygen atoms in total. The predicted molar refractivity (Wildman–Crippen MR) is 104 cm³/mol. The zero-order valence-corrected chi connectivity index (χ0v) is 16.1. The minimum Gasteiger partial charge on any atom is -0.444 e. The second kappa shape index (κ2) is 6.83. The second-order valence-corrected chi connectivity index (χ2v) is 8.45. The molecule has 1 aromatic heterocycles. The van der Waals surface area contributed by atoms with Crippen molar-refractivity contribution in [2.45, 2.75) is 26.4 Å². The molecule has 2 saturated heterocycles. The number of benzene rings is 1. The van der Waals surface area contributed by atoms with Gasteiger partial charge in [-0.25, -0.2) is 4.79 Å². The Kier molecular flexibility index (Phi) is 4.50. The number of aromatic nitrogens is 2. The highest BCUT2D eigenvalue weighted by Gasteiger charge is 2.43. The first kappa shape index (κ1) is 17.8. The maximum absolute atomic E-state index is 12.3. The Morgan fingerprint density at radius 1 is 0.963 bits per heavy atom. The highest BCUT2D eigenvalue weighted by Crippen LogP contribution is 2.34. The van der Waals surface area contributed by atoms with E-state index in [0.717, 1.165) is 43.3 Å². The van der Waals surface area contributed by atoms with E-state index in [1.54, 1.807) is 0 Å². The Bertz CT molecular complexity index is 787. The Morgan fingerprint density at radius 3 is 2.19 bits per heavy atom. The summed E-state index contributed by atoms with van der Waals surface area (Å²) in [6.45, 7) is 9.04. The van der Waals surface area contributed by atoms with E-state index in [1.807, 2.05) is 68.1 Å². The average Bonchev–Trinajstić information content (AvgIpc) is 3.20. The summed E-state index contributed by atoms with van der Waals surface area (Å²) in [6, 6.07) is 14.1. The minimum absolute atomic E-state index is 0.199. The SMILES string of the molecule is CC(C)(C)OC(=O)N1C[C@@H]2CN(c3ccc(-c4ccccc4)nn3)C[C@@H]2C1. The van der Waals surface area contributed by atoms with Crippen molar-refractivity contribution in [1.29, 1.82) is 0 Å². The Morgan fingerprint density at radius 2 is 1.63 bits per heavy atom. The van der Waals surface area contributed by atoms with Crippen LogP contribution in [0.2, 0.25) is 0 Å². The molecule has 0 saturated carbocycles. The van der Waals surface area contributed by atoms with Crippen LogP contribution in [0.15, 0.2) is 42.5 Å². The van der Waals surface area contributed by atoms with Crippen LogP contribution in [0.3, 0.4) is 0 Å². The van der Waals surface area contributed by atoms with Crippen LogP contribution in [0.5, 0.6) is 0 Å². The average molecular weight is 366 g/mol. The zero-order chi connectivity index (χ0) is 19.0. The van der Waals surface area contributed by atoms with E-state index in [4.69, 9.17) is 4.74 Å². The van der Waals surface area contributed by atoms with Crippen LogP contribution in [0, 0.1) is 11.8 Å². The van der Waals surface area contributed by atoms with Gasteiger partial charge in [0.15, 0.2) is 5.82 Å². The number of fused-ring (bicyclic) bond motifs is 1. The summed E-state index contributed by atoms with van der Waals surface area (Å²) in [7, 11) is 0. The second-order valence-electron chi connectivity index (χ2n) is 8.45. The van der Waals surface area contributed by atoms with Crippen molar-refractivity contribution in [2.75, 3.05) is 31.1 Å². The molecule has 0 bridgehead atoms. The molecule has 142 valence electrons. The zero-order valence-electron chi connectivity index (χ0n) is 16.1. The quantitative estimate of drug-likeness (QED) is 0.815. The number of nitrogens with zero attached hydrogens (tertiary/aromatic N) is 4. The number of ether oxygens (including phenoxy) is 1. The Labute approximate surface area is 160 Å². The van der Waals surface area contributed by atoms with Crippen molar-refractivity contribution in [3.63, 3.8) is 0 Å². The molecule has 1 aromatic carbocycles. The molecule has 27 heavy (non-hydrogen) atoms. The standard InChI is InChI=1S/C21H26N4O2/c1-21(2,3)27-20(26)25-13-16-11-24(12-17(16)14-25)19-10-9-18(22-23-19)15-7-5-4-6-8-15/h4-10,16-17H,11-14H2,1-3H3/t16-,17+. The molecule has 2 atom stereocenters. The van der Waals surface area contributed by atoms with Gasteiger partial charge in [0.05, 0.1) is 5.69 Å². The molecule has 6 heteroatoms. The van der Waals surface area contributed by atoms with Crippen LogP contribution < -0.4 is 4.90 Å². The fourth-order valence-corrected chi connectivity index (χ4v) is 3.91. The summed E-state index contributed by atoms with van der Waals surface area (Å²) < 4.78 is 5.50. The van der Waals surface area contributed by atoms with E-state index in [9.17, 15) is 4.79 Å². The monoisotopic (exact) mass is 366 g/mol. The number of carbonyl (C=O) groups excluding carboxylic acids is 1. The van der Waals surface area contributed by atoms with Crippen LogP contribution in [-0.2, 0) is 4.74 Å². The number of carbonyl (C=O) groups is 1. The molecular formula is C21H26N4O2. The molecule has 2 fully saturated rings. The van der Waals surface area contributed by atoms with Crippen LogP contribution in [0.25, 0.3) is 11.3 Å². The van der Waals surface area contributed by atoms with Crippen LogP contribution in [0.4, 0.5) is 10.6 Å². The maximum atomic E-state index is 12.3. The first-order chi connectivity index (χ1) is 12.9. The van der Waals surface area contributed by atoms with Crippen molar-refractivity contribution in [2.24, 2.45) is 11.8 Å². The van der Waals surface area contributed by atoms with Gasteiger partial charge in [-0.05, 0) is 32.9 Å². The summed E-state index contributed by atoms with van der Waals surface area (Å²) in [6.07, 6.45) is -0.199. The third-order valence-electron chi connectivity index (χ3n) is 5.18. The Hall–Kier alpha value is -2.63. The third-order valence-corrected chi connectivity index (χ3v) is 5.18. The lowest BCUT2D eigenvalue weighted by molar-refractivity contribution is 0.0282. The summed E-state index contributed by atoms with van der Waals surface area (Å²) in [4.78, 5) is 16.4. The van der Waals surface area contributed by atoms with Crippen molar-refractivity contribution in [1.82, 2.24) is 15.1 Å². The van der Waals surface area contributed by atoms with Gasteiger partial charge in [0.2, 0.25) is 0 Å². The first-order valence-corrected chi connectivity index (χ1v) is 9.51. The van der Waals surface area contributed by atoms with Gasteiger partial charge in [0.1, 0.15) is 5.60 Å². The van der Waals surface area contributed by atoms with Gasteiger partial charge in [0, 0.05) is 43.6 Å². The van der Waals surface area contributed by atoms with Crippen LogP contribution in [0.1, 0.15) is 20.8 Å². The van der Waals surface area contributed by atoms with Gasteiger partial charge in [-0.15, -0.1) is 10.2 Å². The fraction of sp³-hybridized carbons (Fsp3) is 0.476. The molecule has 2 aromatic rings. The van der Waals surface area contributed by atoms with Gasteiger partial charge >= 0.3 is 6.09 Å². The van der Waals surface area contributed by atoms with Crippen molar-refractivity contribution < 1.29 is 9.53 Å². The number of anilines is 1. The lowest BCUT2D eigenvalue weighted by atomic mass is 10.0. The van der Waals surface area contributed by atoms with E-state index < -0.39 is 5.60 Å². The molecule has 1 amide bonds. The third kappa shape index (κ3) is 3.89. The normalized spacial score (nSPS) is 22.0. The fourth-order valence-electron chi connectivity index (χ4n) is 3.91. The number of likely N-dealkylation sites (tertiary alicyclic amines) is 1. The molecule has 3 heterocycles. The summed E-state index contributed by atoms with van der Waals surface area (Å²) in [5, 5.41) is 8.83. The molecule has 0 radical (unpaired) electrons. The first-order valence-electron chi connectivity index (χ1n) is 9.51. The van der Waals surface area contributed by atoms with E-state index in [2.05, 4.69) is 15.1 Å². The van der Waals surface area contributed by atoms with E-state index in [-0.39, 0.29) is 6.09 Å². The number of rotatable bonds is 2. The van der Waals surface area contributed by atoms with Crippen LogP contribution in [-0.4, -0.2) is 53.0 Å². The lowest BCUT2D eigenvalue weighted by Gasteiger charge is -2.26. The molecular weight excluding hydrogens is 340 g/mol. The van der Waals surface area contributed by atoms with Gasteiger partial charge < -0.3 is 14.5 Å². The Balaban J connectivity index is 1.37. The molecule has 2 aliphatic heterocycles. The molecule has 2 aliphatic rings. The van der Waals surface area contributed by atoms with E-state index >= 15 is 0 Å². The molecule has 0 unspecified atom stereocenters. The summed E-state index contributed by atoms with van der Waals surface area (Å²) in [5.41, 5.74) is 1.51. The van der Waals surface area contributed by atoms with Gasteiger partial charge in [0.25, 0.3) is 0 Å². The van der Waals surface area contributed by atoms with E-state index in [1.165, 1.54) is 0 Å². The molecule has 0 N–H and O–H groups in total. The smallest absolute Gasteiger partial charge is 0.410 e. The molecule has 0 spiro atoms. The van der Waals surface area contributed by atoms with E-state index in [0.29, 0.717) is 11.8 Å². The van der Waals surface area contributed by atoms with Crippen molar-refractivity contribution >= 4 is 11.9 Å². The van der Waals surface area contributed by atoms with Gasteiger partial charge in [-0.1, -0.05) is 30.3 Å². The van der Waals surface area contributed by atoms with Crippen molar-refractivity contribution in [3.05, 3.63) is 42.5 Å². The summed E-state index contributed by atoms with van der Waals surface area (Å²) in [5.74, 6) is 1.84. The molecule has 0 aliphatic carbocycles. The predicted octanol–water partition coefficient (Wildman–Crippen LogP) is 3.45. The highest BCUT2D eigenvalue weighted by molar-refractivity contribution is 5.68. The number of amides is 1. The highest BCUT2D eigenvalue weighted by atomic mass is 16.6. The van der Waals surface area contributed by atoms with Crippen molar-refractivity contribution in [3.8, 4) is 11.3 Å². The van der Waals surface area contributed by atoms with Crippen LogP contribution >= 0.6 is 0 Å². The van der Waals surface area contributed by atoms with Gasteiger partial charge in [-0.2, -0.15) is 0 Å². The minimum atomic E-state index is -0.448. The number of hydrogen-bond acceptors (Lipinski definition) is 5. The topological polar surface area (TPSA) is 58.6 Å². The maximum Gasteiger partial charge on any atom is 0.410 e. The summed E-state index contributed by atoms with van der Waals surface area (Å²) >= 11 is 0.